The van der Waals surface area contributed by atoms with Gasteiger partial charge in [0.25, 0.3) is 5.91 Å². The molecule has 24 heavy (non-hydrogen) atoms. The maximum atomic E-state index is 12.7. The number of nitrogens with one attached hydrogen (secondary N) is 1. The van der Waals surface area contributed by atoms with Crippen molar-refractivity contribution in [3.05, 3.63) is 53.6 Å². The van der Waals surface area contributed by atoms with E-state index in [4.69, 9.17) is 16.3 Å². The van der Waals surface area contributed by atoms with Crippen molar-refractivity contribution in [2.75, 3.05) is 23.4 Å². The number of rotatable bonds is 3. The van der Waals surface area contributed by atoms with E-state index in [1.807, 2.05) is 12.1 Å². The second-order valence-electron chi connectivity index (χ2n) is 5.63. The van der Waals surface area contributed by atoms with Gasteiger partial charge in [-0.15, -0.1) is 0 Å². The van der Waals surface area contributed by atoms with Crippen LogP contribution in [0.5, 0.6) is 5.75 Å². The fourth-order valence-corrected chi connectivity index (χ4v) is 2.73. The molecular formula is C18H17ClN2O3. The lowest BCUT2D eigenvalue weighted by molar-refractivity contribution is -0.121. The van der Waals surface area contributed by atoms with Gasteiger partial charge >= 0.3 is 0 Å². The third-order valence-electron chi connectivity index (χ3n) is 3.85. The van der Waals surface area contributed by atoms with Gasteiger partial charge in [-0.25, -0.2) is 0 Å². The number of benzene rings is 2. The van der Waals surface area contributed by atoms with Gasteiger partial charge in [-0.2, -0.15) is 0 Å². The van der Waals surface area contributed by atoms with Crippen molar-refractivity contribution < 1.29 is 14.3 Å². The third kappa shape index (κ3) is 3.36. The molecule has 2 aromatic carbocycles. The largest absolute Gasteiger partial charge is 0.482 e. The van der Waals surface area contributed by atoms with Crippen LogP contribution in [0.15, 0.2) is 48.5 Å². The van der Waals surface area contributed by atoms with Crippen molar-refractivity contribution in [2.45, 2.75) is 6.92 Å². The molecule has 2 aromatic rings. The van der Waals surface area contributed by atoms with Gasteiger partial charge in [0.2, 0.25) is 5.91 Å². The molecule has 1 unspecified atom stereocenters. The average Bonchev–Trinajstić information content (AvgIpc) is 2.71. The predicted molar refractivity (Wildman–Crippen MR) is 93.5 cm³/mol. The summed E-state index contributed by atoms with van der Waals surface area (Å²) in [6.07, 6.45) is 0. The number of para-hydroxylation sites is 3. The van der Waals surface area contributed by atoms with Crippen LogP contribution in [0.25, 0.3) is 0 Å². The second-order valence-corrected chi connectivity index (χ2v) is 6.04. The lowest BCUT2D eigenvalue weighted by atomic mass is 10.1. The topological polar surface area (TPSA) is 58.6 Å². The van der Waals surface area contributed by atoms with E-state index in [0.29, 0.717) is 28.7 Å². The van der Waals surface area contributed by atoms with Gasteiger partial charge in [-0.05, 0) is 24.3 Å². The van der Waals surface area contributed by atoms with Gasteiger partial charge in [0.05, 0.1) is 22.3 Å². The van der Waals surface area contributed by atoms with E-state index >= 15 is 0 Å². The van der Waals surface area contributed by atoms with Crippen LogP contribution < -0.4 is 15.0 Å². The van der Waals surface area contributed by atoms with Crippen LogP contribution in [-0.4, -0.2) is 25.0 Å². The van der Waals surface area contributed by atoms with E-state index < -0.39 is 0 Å². The van der Waals surface area contributed by atoms with Crippen LogP contribution >= 0.6 is 11.6 Å². The van der Waals surface area contributed by atoms with Crippen LogP contribution in [-0.2, 0) is 9.59 Å². The molecule has 0 aromatic heterocycles. The summed E-state index contributed by atoms with van der Waals surface area (Å²) in [6, 6.07) is 14.2. The first-order chi connectivity index (χ1) is 11.6. The van der Waals surface area contributed by atoms with E-state index in [1.165, 1.54) is 0 Å². The Morgan fingerprint density at radius 3 is 2.75 bits per heavy atom. The van der Waals surface area contributed by atoms with Crippen LogP contribution in [0.2, 0.25) is 5.02 Å². The van der Waals surface area contributed by atoms with Crippen molar-refractivity contribution in [3.63, 3.8) is 0 Å². The van der Waals surface area contributed by atoms with Crippen molar-refractivity contribution >= 4 is 34.8 Å². The Kier molecular flexibility index (Phi) is 4.71. The van der Waals surface area contributed by atoms with Gasteiger partial charge in [0.15, 0.2) is 6.61 Å². The first kappa shape index (κ1) is 16.3. The monoisotopic (exact) mass is 344 g/mol. The number of hydrogen-bond acceptors (Lipinski definition) is 3. The molecule has 5 nitrogen and oxygen atoms in total. The molecule has 0 radical (unpaired) electrons. The highest BCUT2D eigenvalue weighted by atomic mass is 35.5. The zero-order valence-electron chi connectivity index (χ0n) is 13.2. The van der Waals surface area contributed by atoms with E-state index in [-0.39, 0.29) is 24.3 Å². The quantitative estimate of drug-likeness (QED) is 0.929. The third-order valence-corrected chi connectivity index (χ3v) is 4.16. The Bertz CT molecular complexity index is 778. The molecule has 1 N–H and O–H groups in total. The Balaban J connectivity index is 1.80. The molecule has 0 saturated heterocycles. The van der Waals surface area contributed by atoms with Crippen LogP contribution in [0.4, 0.5) is 11.4 Å². The molecular weight excluding hydrogens is 328 g/mol. The summed E-state index contributed by atoms with van der Waals surface area (Å²) < 4.78 is 5.54. The standard InChI is InChI=1S/C18H17ClN2O3/c1-12-10-21(15-8-4-3-7-14(15)20-18(12)23)17(22)11-24-16-9-5-2-6-13(16)19/h2-9,12H,10-11H2,1H3,(H,20,23). The second kappa shape index (κ2) is 6.93. The molecule has 124 valence electrons. The number of halogens is 1. The normalized spacial score (nSPS) is 16.8. The summed E-state index contributed by atoms with van der Waals surface area (Å²) in [5.74, 6) is -0.199. The smallest absolute Gasteiger partial charge is 0.264 e. The number of fused-ring (bicyclic) bond motifs is 1. The lowest BCUT2D eigenvalue weighted by Crippen LogP contribution is -2.38. The Labute approximate surface area is 145 Å². The number of carbonyl (C=O) groups is 2. The number of anilines is 2. The molecule has 1 aliphatic heterocycles. The van der Waals surface area contributed by atoms with Crippen LogP contribution in [0.1, 0.15) is 6.92 Å². The zero-order valence-corrected chi connectivity index (χ0v) is 13.9. The summed E-state index contributed by atoms with van der Waals surface area (Å²) in [4.78, 5) is 26.3. The molecule has 0 spiro atoms. The van der Waals surface area contributed by atoms with E-state index in [1.54, 1.807) is 48.2 Å². The first-order valence-electron chi connectivity index (χ1n) is 7.64. The molecule has 1 aliphatic rings. The average molecular weight is 345 g/mol. The highest BCUT2D eigenvalue weighted by molar-refractivity contribution is 6.32. The Morgan fingerprint density at radius 2 is 1.96 bits per heavy atom. The number of carbonyl (C=O) groups excluding carboxylic acids is 2. The molecule has 0 aliphatic carbocycles. The minimum Gasteiger partial charge on any atom is -0.482 e. The van der Waals surface area contributed by atoms with Gasteiger partial charge < -0.3 is 15.0 Å². The highest BCUT2D eigenvalue weighted by Gasteiger charge is 2.28. The maximum absolute atomic E-state index is 12.7. The Morgan fingerprint density at radius 1 is 1.25 bits per heavy atom. The highest BCUT2D eigenvalue weighted by Crippen LogP contribution is 2.30. The first-order valence-corrected chi connectivity index (χ1v) is 8.01. The van der Waals surface area contributed by atoms with Gasteiger partial charge in [0.1, 0.15) is 5.75 Å². The molecule has 0 fully saturated rings. The van der Waals surface area contributed by atoms with Crippen LogP contribution in [0.3, 0.4) is 0 Å². The fourth-order valence-electron chi connectivity index (χ4n) is 2.54. The minimum atomic E-state index is -0.318. The maximum Gasteiger partial charge on any atom is 0.264 e. The molecule has 1 heterocycles. The number of nitrogens with zero attached hydrogens (tertiary/aromatic N) is 1. The summed E-state index contributed by atoms with van der Waals surface area (Å²) >= 11 is 6.04. The molecule has 0 saturated carbocycles. The van der Waals surface area contributed by atoms with Crippen molar-refractivity contribution in [1.29, 1.82) is 0 Å². The number of amides is 2. The van der Waals surface area contributed by atoms with E-state index in [0.717, 1.165) is 0 Å². The number of hydrogen-bond donors (Lipinski definition) is 1. The van der Waals surface area contributed by atoms with E-state index in [2.05, 4.69) is 5.32 Å². The Hall–Kier alpha value is -2.53. The number of ether oxygens (including phenoxy) is 1. The molecule has 0 bridgehead atoms. The molecule has 1 atom stereocenters. The molecule has 2 amide bonds. The van der Waals surface area contributed by atoms with Crippen molar-refractivity contribution in [1.82, 2.24) is 0 Å². The van der Waals surface area contributed by atoms with Gasteiger partial charge in [-0.3, -0.25) is 9.59 Å². The summed E-state index contributed by atoms with van der Waals surface area (Å²) in [5.41, 5.74) is 1.29. The fraction of sp³-hybridized carbons (Fsp3) is 0.222. The van der Waals surface area contributed by atoms with Crippen molar-refractivity contribution in [2.24, 2.45) is 5.92 Å². The summed E-state index contributed by atoms with van der Waals surface area (Å²) in [5, 5.41) is 3.30. The SMILES string of the molecule is CC1CN(C(=O)COc2ccccc2Cl)c2ccccc2NC1=O. The predicted octanol–water partition coefficient (Wildman–Crippen LogP) is 3.34. The lowest BCUT2D eigenvalue weighted by Gasteiger charge is -2.23. The molecule has 6 heteroatoms. The van der Waals surface area contributed by atoms with Crippen LogP contribution in [0, 0.1) is 5.92 Å². The zero-order chi connectivity index (χ0) is 17.1. The van der Waals surface area contributed by atoms with Gasteiger partial charge in [-0.1, -0.05) is 42.8 Å². The van der Waals surface area contributed by atoms with Gasteiger partial charge in [0, 0.05) is 6.54 Å². The molecule has 3 rings (SSSR count). The van der Waals surface area contributed by atoms with E-state index in [9.17, 15) is 9.59 Å². The summed E-state index contributed by atoms with van der Waals surface area (Å²) in [7, 11) is 0. The summed E-state index contributed by atoms with van der Waals surface area (Å²) in [6.45, 7) is 1.93. The minimum absolute atomic E-state index is 0.107. The van der Waals surface area contributed by atoms with Crippen molar-refractivity contribution in [3.8, 4) is 5.75 Å².